The molecule has 0 aliphatic carbocycles. The van der Waals surface area contributed by atoms with Crippen LogP contribution in [-0.4, -0.2) is 29.5 Å². The highest BCUT2D eigenvalue weighted by atomic mass is 32.1. The van der Waals surface area contributed by atoms with Crippen LogP contribution in [0.5, 0.6) is 0 Å². The normalized spacial score (nSPS) is 14.4. The number of hydrogen-bond donors (Lipinski definition) is 2. The molecule has 1 aliphatic rings. The van der Waals surface area contributed by atoms with Gasteiger partial charge in [-0.2, -0.15) is 0 Å². The number of nitrogens with one attached hydrogen (secondary N) is 1. The van der Waals surface area contributed by atoms with Crippen molar-refractivity contribution in [3.8, 4) is 0 Å². The van der Waals surface area contributed by atoms with Crippen LogP contribution >= 0.6 is 11.3 Å². The number of nitrogens with two attached hydrogens (primary N) is 1. The Bertz CT molecular complexity index is 1200. The molecule has 0 saturated heterocycles. The van der Waals surface area contributed by atoms with Gasteiger partial charge in [-0.15, -0.1) is 11.3 Å². The van der Waals surface area contributed by atoms with Crippen LogP contribution in [0.15, 0.2) is 73.0 Å². The summed E-state index contributed by atoms with van der Waals surface area (Å²) in [6.07, 6.45) is 6.70. The highest BCUT2D eigenvalue weighted by molar-refractivity contribution is 7.15. The van der Waals surface area contributed by atoms with Crippen LogP contribution in [0.3, 0.4) is 0 Å². The summed E-state index contributed by atoms with van der Waals surface area (Å²) in [5.74, 6) is -0.557. The summed E-state index contributed by atoms with van der Waals surface area (Å²) in [5.41, 5.74) is 11.5. The van der Waals surface area contributed by atoms with Gasteiger partial charge >= 0.3 is 0 Å². The van der Waals surface area contributed by atoms with Gasteiger partial charge in [0.05, 0.1) is 12.2 Å². The van der Waals surface area contributed by atoms with E-state index in [1.54, 1.807) is 35.6 Å². The van der Waals surface area contributed by atoms with E-state index in [2.05, 4.69) is 34.8 Å². The molecule has 182 valence electrons. The second-order valence-electron chi connectivity index (χ2n) is 8.47. The molecule has 3 N–H and O–H groups in total. The van der Waals surface area contributed by atoms with Crippen molar-refractivity contribution >= 4 is 27.7 Å². The summed E-state index contributed by atoms with van der Waals surface area (Å²) >= 11 is 1.57. The molecule has 0 atom stereocenters. The Labute approximate surface area is 209 Å². The van der Waals surface area contributed by atoms with E-state index in [0.717, 1.165) is 66.1 Å². The summed E-state index contributed by atoms with van der Waals surface area (Å²) in [5, 5.41) is 4.15. The molecule has 0 spiro atoms. The van der Waals surface area contributed by atoms with E-state index in [0.29, 0.717) is 11.7 Å². The second kappa shape index (κ2) is 11.3. The third-order valence-electron chi connectivity index (χ3n) is 6.01. The Kier molecular flexibility index (Phi) is 7.98. The summed E-state index contributed by atoms with van der Waals surface area (Å²) < 4.78 is 27.1. The second-order valence-corrected chi connectivity index (χ2v) is 9.58. The third kappa shape index (κ3) is 6.36. The highest BCUT2D eigenvalue weighted by Gasteiger charge is 2.18. The predicted octanol–water partition coefficient (Wildman–Crippen LogP) is 6.04. The molecular weight excluding hydrogens is 462 g/mol. The van der Waals surface area contributed by atoms with Crippen LogP contribution in [0.2, 0.25) is 0 Å². The molecule has 1 aromatic heterocycles. The van der Waals surface area contributed by atoms with E-state index < -0.39 is 0 Å². The highest BCUT2D eigenvalue weighted by Crippen LogP contribution is 2.26. The van der Waals surface area contributed by atoms with Crippen molar-refractivity contribution in [1.82, 2.24) is 15.2 Å². The Hall–Kier alpha value is -3.45. The summed E-state index contributed by atoms with van der Waals surface area (Å²) in [4.78, 5) is 8.00. The van der Waals surface area contributed by atoms with Crippen LogP contribution in [0.4, 0.5) is 13.9 Å². The van der Waals surface area contributed by atoms with E-state index in [1.807, 2.05) is 6.08 Å². The molecule has 2 heterocycles. The van der Waals surface area contributed by atoms with Gasteiger partial charge in [0.25, 0.3) is 0 Å². The number of nitrogens with zero attached hydrogens (tertiary/aromatic N) is 2. The fourth-order valence-corrected chi connectivity index (χ4v) is 5.02. The maximum absolute atomic E-state index is 13.6. The van der Waals surface area contributed by atoms with Crippen LogP contribution in [-0.2, 0) is 12.8 Å². The standard InChI is InChI=1S/C28H30F2N4S/c1-3-4-22(20-5-9-23(29)10-6-20)17-26(21-7-11-24(30)12-8-21)32-18-19(2)34-15-13-25-27(14-16-34)35-28(31)33-25/h4-12,17,32H,2-3,13-16,18H2,1H3,(H2,31,33)/b22-4+,26-17-. The average Bonchev–Trinajstić information content (AvgIpc) is 3.09. The van der Waals surface area contributed by atoms with Crippen molar-refractivity contribution in [2.45, 2.75) is 26.2 Å². The minimum Gasteiger partial charge on any atom is -0.379 e. The lowest BCUT2D eigenvalue weighted by molar-refractivity contribution is 0.354. The van der Waals surface area contributed by atoms with E-state index in [4.69, 9.17) is 5.73 Å². The number of hydrogen-bond acceptors (Lipinski definition) is 5. The molecule has 0 saturated carbocycles. The number of benzene rings is 2. The lowest BCUT2D eigenvalue weighted by Gasteiger charge is -2.26. The molecule has 0 fully saturated rings. The topological polar surface area (TPSA) is 54.2 Å². The molecule has 0 bridgehead atoms. The van der Waals surface area contributed by atoms with E-state index in [1.165, 1.54) is 29.1 Å². The van der Waals surface area contributed by atoms with Crippen LogP contribution < -0.4 is 11.1 Å². The largest absolute Gasteiger partial charge is 0.379 e. The first-order valence-corrected chi connectivity index (χ1v) is 12.6. The first-order valence-electron chi connectivity index (χ1n) is 11.8. The Morgan fingerprint density at radius 3 is 2.34 bits per heavy atom. The van der Waals surface area contributed by atoms with Crippen molar-refractivity contribution in [3.63, 3.8) is 0 Å². The number of allylic oxidation sites excluding steroid dienone is 3. The molecule has 1 aliphatic heterocycles. The zero-order chi connectivity index (χ0) is 24.8. The predicted molar refractivity (Wildman–Crippen MR) is 142 cm³/mol. The zero-order valence-electron chi connectivity index (χ0n) is 19.9. The number of rotatable bonds is 8. The van der Waals surface area contributed by atoms with Crippen molar-refractivity contribution in [2.75, 3.05) is 25.4 Å². The van der Waals surface area contributed by atoms with Gasteiger partial charge in [-0.25, -0.2) is 13.8 Å². The first-order chi connectivity index (χ1) is 16.9. The molecule has 2 aromatic carbocycles. The number of nitrogen functional groups attached to an aromatic ring is 1. The smallest absolute Gasteiger partial charge is 0.180 e. The maximum Gasteiger partial charge on any atom is 0.180 e. The lowest BCUT2D eigenvalue weighted by Crippen LogP contribution is -2.31. The number of thiazole rings is 1. The van der Waals surface area contributed by atoms with Crippen molar-refractivity contribution in [3.05, 3.63) is 106 Å². The fraction of sp³-hybridized carbons (Fsp3) is 0.250. The average molecular weight is 493 g/mol. The number of aromatic nitrogens is 1. The summed E-state index contributed by atoms with van der Waals surface area (Å²) in [6.45, 7) is 8.62. The molecule has 0 unspecified atom stereocenters. The van der Waals surface area contributed by atoms with Crippen molar-refractivity contribution in [2.24, 2.45) is 0 Å². The molecule has 0 radical (unpaired) electrons. The minimum absolute atomic E-state index is 0.272. The molecule has 3 aromatic rings. The molecule has 0 amide bonds. The van der Waals surface area contributed by atoms with E-state index in [9.17, 15) is 8.78 Å². The van der Waals surface area contributed by atoms with Crippen LogP contribution in [0, 0.1) is 11.6 Å². The van der Waals surface area contributed by atoms with Crippen molar-refractivity contribution in [1.29, 1.82) is 0 Å². The minimum atomic E-state index is -0.286. The number of halogens is 2. The molecule has 4 nitrogen and oxygen atoms in total. The SMILES string of the molecule is C=C(CN/C(=C\C(=C/CC)c1ccc(F)cc1)c1ccc(F)cc1)N1CCc2nc(N)sc2CC1. The molecule has 4 rings (SSSR count). The maximum atomic E-state index is 13.6. The summed E-state index contributed by atoms with van der Waals surface area (Å²) in [7, 11) is 0. The van der Waals surface area contributed by atoms with Crippen molar-refractivity contribution < 1.29 is 8.78 Å². The quantitative estimate of drug-likeness (QED) is 0.376. The first kappa shape index (κ1) is 24.7. The Balaban J connectivity index is 1.53. The van der Waals surface area contributed by atoms with Crippen LogP contribution in [0.25, 0.3) is 11.3 Å². The van der Waals surface area contributed by atoms with Gasteiger partial charge in [0.2, 0.25) is 0 Å². The van der Waals surface area contributed by atoms with Gasteiger partial charge < -0.3 is 16.0 Å². The third-order valence-corrected chi connectivity index (χ3v) is 7.00. The molecular formula is C28H30F2N4S. The van der Waals surface area contributed by atoms with Gasteiger partial charge in [0.1, 0.15) is 11.6 Å². The van der Waals surface area contributed by atoms with E-state index >= 15 is 0 Å². The van der Waals surface area contributed by atoms with Gasteiger partial charge in [-0.05, 0) is 53.5 Å². The molecule has 7 heteroatoms. The van der Waals surface area contributed by atoms with Gasteiger partial charge in [-0.1, -0.05) is 43.8 Å². The van der Waals surface area contributed by atoms with Gasteiger partial charge in [-0.3, -0.25) is 0 Å². The Morgan fingerprint density at radius 2 is 1.69 bits per heavy atom. The zero-order valence-corrected chi connectivity index (χ0v) is 20.7. The van der Waals surface area contributed by atoms with Gasteiger partial charge in [0, 0.05) is 42.2 Å². The monoisotopic (exact) mass is 492 g/mol. The van der Waals surface area contributed by atoms with E-state index in [-0.39, 0.29) is 11.6 Å². The lowest BCUT2D eigenvalue weighted by atomic mass is 10.0. The Morgan fingerprint density at radius 1 is 1.06 bits per heavy atom. The van der Waals surface area contributed by atoms with Gasteiger partial charge in [0.15, 0.2) is 5.13 Å². The molecule has 35 heavy (non-hydrogen) atoms. The fourth-order valence-electron chi connectivity index (χ4n) is 4.15. The number of fused-ring (bicyclic) bond motifs is 1. The summed E-state index contributed by atoms with van der Waals surface area (Å²) in [6, 6.07) is 12.9. The number of anilines is 1. The van der Waals surface area contributed by atoms with Crippen LogP contribution in [0.1, 0.15) is 35.0 Å².